The van der Waals surface area contributed by atoms with Gasteiger partial charge in [0.2, 0.25) is 0 Å². The number of phenolic OH excluding ortho intramolecular Hbond substituents is 1. The van der Waals surface area contributed by atoms with Crippen molar-refractivity contribution in [2.75, 3.05) is 6.61 Å². The molecule has 0 bridgehead atoms. The van der Waals surface area contributed by atoms with Gasteiger partial charge in [-0.15, -0.1) is 0 Å². The van der Waals surface area contributed by atoms with Gasteiger partial charge in [-0.1, -0.05) is 91.4 Å². The molecule has 1 fully saturated rings. The lowest BCUT2D eigenvalue weighted by atomic mass is 9.54. The Morgan fingerprint density at radius 1 is 0.891 bits per heavy atom. The van der Waals surface area contributed by atoms with Gasteiger partial charge >= 0.3 is 7.12 Å². The average Bonchev–Trinajstić information content (AvgIpc) is 3.09. The third-order valence-electron chi connectivity index (χ3n) is 9.99. The van der Waals surface area contributed by atoms with Crippen molar-refractivity contribution in [1.82, 2.24) is 0 Å². The highest BCUT2D eigenvalue weighted by atomic mass is 16.5. The SMILES string of the molecule is CC/C(=C\c1ccc(O)c2ccccc12)CC[C@H]1OB(O)C[C@H]2C1=C(COc1ccccc1)C[C@H]1C(=O)c3ccccc3C(=O)[C@H]12. The fourth-order valence-electron chi connectivity index (χ4n) is 7.81. The van der Waals surface area contributed by atoms with Crippen LogP contribution in [0.1, 0.15) is 58.9 Å². The van der Waals surface area contributed by atoms with Crippen LogP contribution in [0.25, 0.3) is 16.8 Å². The van der Waals surface area contributed by atoms with E-state index in [9.17, 15) is 19.7 Å². The van der Waals surface area contributed by atoms with Crippen LogP contribution in [0.2, 0.25) is 6.32 Å². The van der Waals surface area contributed by atoms with Gasteiger partial charge in [0.05, 0.1) is 6.10 Å². The van der Waals surface area contributed by atoms with E-state index in [1.165, 1.54) is 5.57 Å². The molecule has 0 spiro atoms. The number of rotatable bonds is 8. The molecule has 3 aliphatic rings. The lowest BCUT2D eigenvalue weighted by molar-refractivity contribution is 0.0592. The molecule has 1 saturated heterocycles. The number of para-hydroxylation sites is 1. The fourth-order valence-corrected chi connectivity index (χ4v) is 7.81. The Balaban J connectivity index is 1.23. The number of phenols is 1. The molecule has 1 heterocycles. The van der Waals surface area contributed by atoms with Crippen LogP contribution in [0.3, 0.4) is 0 Å². The summed E-state index contributed by atoms with van der Waals surface area (Å²) in [6.45, 7) is 2.41. The third kappa shape index (κ3) is 5.59. The highest BCUT2D eigenvalue weighted by molar-refractivity contribution is 6.43. The molecule has 232 valence electrons. The topological polar surface area (TPSA) is 93.1 Å². The molecule has 4 atom stereocenters. The van der Waals surface area contributed by atoms with Gasteiger partial charge in [0.1, 0.15) is 18.1 Å². The van der Waals surface area contributed by atoms with E-state index in [2.05, 4.69) is 13.0 Å². The summed E-state index contributed by atoms with van der Waals surface area (Å²) in [5, 5.41) is 23.2. The van der Waals surface area contributed by atoms with E-state index in [0.717, 1.165) is 46.1 Å². The van der Waals surface area contributed by atoms with Crippen LogP contribution in [0.5, 0.6) is 11.5 Å². The number of hydrogen-bond acceptors (Lipinski definition) is 6. The van der Waals surface area contributed by atoms with Crippen LogP contribution in [0.4, 0.5) is 0 Å². The molecule has 0 aromatic heterocycles. The first kappa shape index (κ1) is 30.2. The van der Waals surface area contributed by atoms with Crippen molar-refractivity contribution in [2.45, 2.75) is 45.0 Å². The van der Waals surface area contributed by atoms with Gasteiger partial charge in [-0.05, 0) is 78.2 Å². The summed E-state index contributed by atoms with van der Waals surface area (Å²) in [5.74, 6) is -0.391. The molecule has 0 radical (unpaired) electrons. The lowest BCUT2D eigenvalue weighted by Gasteiger charge is -2.47. The second kappa shape index (κ2) is 12.7. The zero-order valence-electron chi connectivity index (χ0n) is 25.9. The van der Waals surface area contributed by atoms with Crippen molar-refractivity contribution >= 4 is 35.5 Å². The zero-order valence-corrected chi connectivity index (χ0v) is 25.9. The quantitative estimate of drug-likeness (QED) is 0.157. The molecule has 0 unspecified atom stereocenters. The van der Waals surface area contributed by atoms with Gasteiger partial charge in [-0.2, -0.15) is 0 Å². The van der Waals surface area contributed by atoms with Crippen LogP contribution < -0.4 is 4.74 Å². The Kier molecular flexibility index (Phi) is 8.37. The Bertz CT molecular complexity index is 1860. The molecular formula is C39H37BO6. The van der Waals surface area contributed by atoms with Gasteiger partial charge in [0.25, 0.3) is 0 Å². The highest BCUT2D eigenvalue weighted by Gasteiger charge is 2.53. The summed E-state index contributed by atoms with van der Waals surface area (Å²) >= 11 is 0. The molecule has 7 heteroatoms. The number of benzene rings is 4. The van der Waals surface area contributed by atoms with Crippen molar-refractivity contribution < 1.29 is 29.1 Å². The first-order valence-electron chi connectivity index (χ1n) is 16.2. The highest BCUT2D eigenvalue weighted by Crippen LogP contribution is 2.51. The summed E-state index contributed by atoms with van der Waals surface area (Å²) in [6.07, 6.45) is 4.61. The monoisotopic (exact) mass is 612 g/mol. The van der Waals surface area contributed by atoms with Crippen molar-refractivity contribution in [3.8, 4) is 11.5 Å². The minimum Gasteiger partial charge on any atom is -0.507 e. The normalized spacial score (nSPS) is 22.8. The van der Waals surface area contributed by atoms with Crippen LogP contribution >= 0.6 is 0 Å². The van der Waals surface area contributed by atoms with Gasteiger partial charge < -0.3 is 19.5 Å². The number of fused-ring (bicyclic) bond motifs is 5. The maximum Gasteiger partial charge on any atom is 0.455 e. The number of ether oxygens (including phenoxy) is 1. The Morgan fingerprint density at radius 3 is 2.35 bits per heavy atom. The van der Waals surface area contributed by atoms with Crippen molar-refractivity contribution in [3.05, 3.63) is 124 Å². The van der Waals surface area contributed by atoms with Gasteiger partial charge in [-0.25, -0.2) is 0 Å². The first-order valence-corrected chi connectivity index (χ1v) is 16.2. The summed E-state index contributed by atoms with van der Waals surface area (Å²) in [5.41, 5.74) is 5.21. The molecule has 6 nitrogen and oxygen atoms in total. The van der Waals surface area contributed by atoms with Crippen LogP contribution in [-0.4, -0.2) is 41.5 Å². The van der Waals surface area contributed by atoms with Crippen LogP contribution in [0, 0.1) is 17.8 Å². The largest absolute Gasteiger partial charge is 0.507 e. The number of carbonyl (C=O) groups excluding carboxylic acids is 2. The molecule has 46 heavy (non-hydrogen) atoms. The maximum atomic E-state index is 14.0. The van der Waals surface area contributed by atoms with E-state index >= 15 is 0 Å². The Morgan fingerprint density at radius 2 is 1.59 bits per heavy atom. The molecule has 2 aliphatic carbocycles. The van der Waals surface area contributed by atoms with E-state index in [-0.39, 0.29) is 36.2 Å². The van der Waals surface area contributed by atoms with Gasteiger partial charge in [0, 0.05) is 28.3 Å². The van der Waals surface area contributed by atoms with E-state index in [4.69, 9.17) is 9.39 Å². The van der Waals surface area contributed by atoms with E-state index in [1.807, 2.05) is 66.7 Å². The molecule has 1 aliphatic heterocycles. The number of aromatic hydroxyl groups is 1. The first-order chi connectivity index (χ1) is 22.4. The third-order valence-corrected chi connectivity index (χ3v) is 9.99. The lowest BCUT2D eigenvalue weighted by Crippen LogP contribution is -2.51. The molecule has 2 N–H and O–H groups in total. The molecule has 0 amide bonds. The molecule has 4 aromatic carbocycles. The molecular weight excluding hydrogens is 575 g/mol. The number of allylic oxidation sites excluding steroid dienone is 1. The predicted octanol–water partition coefficient (Wildman–Crippen LogP) is 7.71. The number of hydrogen-bond donors (Lipinski definition) is 2. The smallest absolute Gasteiger partial charge is 0.455 e. The number of carbonyl (C=O) groups is 2. The summed E-state index contributed by atoms with van der Waals surface area (Å²) in [4.78, 5) is 27.9. The Hall–Kier alpha value is -4.46. The van der Waals surface area contributed by atoms with Gasteiger partial charge in [0.15, 0.2) is 11.6 Å². The van der Waals surface area contributed by atoms with E-state index < -0.39 is 25.1 Å². The summed E-state index contributed by atoms with van der Waals surface area (Å²) < 4.78 is 12.5. The average molecular weight is 613 g/mol. The van der Waals surface area contributed by atoms with Crippen LogP contribution in [0.15, 0.2) is 108 Å². The second-order valence-electron chi connectivity index (χ2n) is 12.6. The molecule has 4 aromatic rings. The summed E-state index contributed by atoms with van der Waals surface area (Å²) in [7, 11) is -1.04. The van der Waals surface area contributed by atoms with Crippen molar-refractivity contribution in [2.24, 2.45) is 17.8 Å². The number of ketones is 2. The van der Waals surface area contributed by atoms with Crippen molar-refractivity contribution in [3.63, 3.8) is 0 Å². The standard InChI is InChI=1S/C39H37BO6/c1-2-24(20-25-17-18-34(41)29-13-7-6-12-28(25)29)16-19-35-36-26(23-45-27-10-4-3-5-11-27)21-32-37(33(36)22-40(44)46-35)39(43)31-15-9-8-14-30(31)38(32)42/h3-15,17-18,20,32-33,35,37,41,44H,2,16,19,21-23H2,1H3/b24-20+/t32-,33+,35-,37-/m1/s1. The fraction of sp³-hybridized carbons (Fsp3) is 0.282. The van der Waals surface area contributed by atoms with Crippen molar-refractivity contribution in [1.29, 1.82) is 0 Å². The molecule has 0 saturated carbocycles. The van der Waals surface area contributed by atoms with Gasteiger partial charge in [-0.3, -0.25) is 9.59 Å². The van der Waals surface area contributed by atoms with E-state index in [1.54, 1.807) is 24.3 Å². The minimum atomic E-state index is -1.04. The Labute approximate surface area is 269 Å². The van der Waals surface area contributed by atoms with E-state index in [0.29, 0.717) is 24.0 Å². The summed E-state index contributed by atoms with van der Waals surface area (Å²) in [6, 6.07) is 28.2. The second-order valence-corrected chi connectivity index (χ2v) is 12.6. The number of Topliss-reactive ketones (excluding diaryl/α,β-unsaturated/α-hetero) is 2. The maximum absolute atomic E-state index is 14.0. The van der Waals surface area contributed by atoms with Crippen LogP contribution in [-0.2, 0) is 4.65 Å². The zero-order chi connectivity index (χ0) is 31.8. The predicted molar refractivity (Wildman–Crippen MR) is 180 cm³/mol. The molecule has 7 rings (SSSR count). The minimum absolute atomic E-state index is 0.00804.